The van der Waals surface area contributed by atoms with E-state index in [1.165, 1.54) is 0 Å². The summed E-state index contributed by atoms with van der Waals surface area (Å²) in [6.45, 7) is 5.93. The van der Waals surface area contributed by atoms with E-state index in [1.807, 2.05) is 0 Å². The topological polar surface area (TPSA) is 59.6 Å². The van der Waals surface area contributed by atoms with Crippen LogP contribution in [-0.2, 0) is 9.47 Å². The van der Waals surface area contributed by atoms with Gasteiger partial charge in [0.15, 0.2) is 0 Å². The van der Waals surface area contributed by atoms with Crippen LogP contribution in [0.3, 0.4) is 0 Å². The van der Waals surface area contributed by atoms with Crippen LogP contribution in [-0.4, -0.2) is 46.1 Å². The van der Waals surface area contributed by atoms with Crippen LogP contribution in [0.1, 0.15) is 0 Å². The zero-order chi connectivity index (χ0) is 9.94. The monoisotopic (exact) mass is 189 g/mol. The maximum atomic E-state index is 10.9. The molecule has 5 heteroatoms. The number of nitrogens with one attached hydrogen (secondary N) is 2. The minimum atomic E-state index is -0.204. The fourth-order valence-corrected chi connectivity index (χ4v) is 0.668. The number of carbonyl (C=O) groups is 1. The highest BCUT2D eigenvalue weighted by molar-refractivity contribution is 5.73. The van der Waals surface area contributed by atoms with Gasteiger partial charge in [-0.2, -0.15) is 0 Å². The predicted molar refractivity (Wildman–Crippen MR) is 49.5 cm³/mol. The standard InChI is InChI=1S/C8H17N2O3/c1-3-13-7-5-10-8(11)9-4-6-12-2/h1,3-7H2,2H3,(H2,9,10,11). The summed E-state index contributed by atoms with van der Waals surface area (Å²) in [5, 5.41) is 5.23. The number of amides is 2. The van der Waals surface area contributed by atoms with Gasteiger partial charge < -0.3 is 20.1 Å². The van der Waals surface area contributed by atoms with Crippen molar-refractivity contribution in [2.75, 3.05) is 40.0 Å². The summed E-state index contributed by atoms with van der Waals surface area (Å²) in [6, 6.07) is -0.204. The molecule has 0 atom stereocenters. The minimum Gasteiger partial charge on any atom is -0.383 e. The van der Waals surface area contributed by atoms with E-state index < -0.39 is 0 Å². The molecule has 0 aromatic carbocycles. The number of hydrogen-bond acceptors (Lipinski definition) is 3. The summed E-state index contributed by atoms with van der Waals surface area (Å²) in [5.41, 5.74) is 0. The predicted octanol–water partition coefficient (Wildman–Crippen LogP) is -0.217. The molecule has 0 rings (SSSR count). The van der Waals surface area contributed by atoms with Gasteiger partial charge in [0, 0.05) is 26.8 Å². The summed E-state index contributed by atoms with van der Waals surface area (Å²) in [6.07, 6.45) is 0. The third-order valence-electron chi connectivity index (χ3n) is 1.27. The normalized spacial score (nSPS) is 9.69. The summed E-state index contributed by atoms with van der Waals surface area (Å²) < 4.78 is 9.69. The lowest BCUT2D eigenvalue weighted by Gasteiger charge is -2.06. The molecule has 0 aliphatic rings. The Morgan fingerprint density at radius 1 is 1.31 bits per heavy atom. The Morgan fingerprint density at radius 2 is 1.92 bits per heavy atom. The first kappa shape index (κ1) is 12.2. The van der Waals surface area contributed by atoms with Gasteiger partial charge in [0.1, 0.15) is 0 Å². The van der Waals surface area contributed by atoms with Gasteiger partial charge >= 0.3 is 6.03 Å². The SMILES string of the molecule is [CH2]COCCNC(=O)NCCOC. The van der Waals surface area contributed by atoms with E-state index in [4.69, 9.17) is 9.47 Å². The van der Waals surface area contributed by atoms with Gasteiger partial charge in [0.2, 0.25) is 0 Å². The van der Waals surface area contributed by atoms with Crippen molar-refractivity contribution in [1.29, 1.82) is 0 Å². The lowest BCUT2D eigenvalue weighted by atomic mass is 10.6. The van der Waals surface area contributed by atoms with Crippen molar-refractivity contribution < 1.29 is 14.3 Å². The molecule has 0 aromatic heterocycles. The fraction of sp³-hybridized carbons (Fsp3) is 0.750. The quantitative estimate of drug-likeness (QED) is 0.544. The molecular weight excluding hydrogens is 172 g/mol. The Kier molecular flexibility index (Phi) is 8.70. The van der Waals surface area contributed by atoms with Crippen LogP contribution in [0.15, 0.2) is 0 Å². The van der Waals surface area contributed by atoms with E-state index >= 15 is 0 Å². The average Bonchev–Trinajstić information content (AvgIpc) is 2.13. The largest absolute Gasteiger partial charge is 0.383 e. The van der Waals surface area contributed by atoms with Gasteiger partial charge in [-0.3, -0.25) is 0 Å². The molecule has 0 bridgehead atoms. The van der Waals surface area contributed by atoms with Crippen LogP contribution in [0.25, 0.3) is 0 Å². The van der Waals surface area contributed by atoms with Crippen LogP contribution in [0, 0.1) is 6.92 Å². The third-order valence-corrected chi connectivity index (χ3v) is 1.27. The first-order valence-electron chi connectivity index (χ1n) is 4.19. The molecule has 1 radical (unpaired) electrons. The van der Waals surface area contributed by atoms with Crippen LogP contribution in [0.2, 0.25) is 0 Å². The van der Waals surface area contributed by atoms with E-state index in [0.29, 0.717) is 32.9 Å². The molecule has 5 nitrogen and oxygen atoms in total. The molecule has 0 fully saturated rings. The maximum Gasteiger partial charge on any atom is 0.314 e. The van der Waals surface area contributed by atoms with Gasteiger partial charge in [-0.25, -0.2) is 4.79 Å². The molecule has 0 saturated heterocycles. The number of methoxy groups -OCH3 is 1. The number of ether oxygens (including phenoxy) is 2. The Bertz CT molecular complexity index is 131. The van der Waals surface area contributed by atoms with E-state index in [2.05, 4.69) is 17.6 Å². The highest BCUT2D eigenvalue weighted by Crippen LogP contribution is 1.71. The molecule has 0 aromatic rings. The number of carbonyl (C=O) groups excluding carboxylic acids is 1. The molecule has 0 saturated carbocycles. The zero-order valence-electron chi connectivity index (χ0n) is 7.97. The van der Waals surface area contributed by atoms with E-state index in [1.54, 1.807) is 7.11 Å². The van der Waals surface area contributed by atoms with Crippen molar-refractivity contribution in [3.05, 3.63) is 6.92 Å². The molecule has 77 valence electrons. The van der Waals surface area contributed by atoms with Gasteiger partial charge in [-0.05, 0) is 6.92 Å². The van der Waals surface area contributed by atoms with Crippen LogP contribution in [0.5, 0.6) is 0 Å². The van der Waals surface area contributed by atoms with Crippen molar-refractivity contribution >= 4 is 6.03 Å². The highest BCUT2D eigenvalue weighted by Gasteiger charge is 1.96. The second-order valence-electron chi connectivity index (χ2n) is 2.29. The first-order chi connectivity index (χ1) is 6.31. The maximum absolute atomic E-state index is 10.9. The molecule has 2 amide bonds. The number of rotatable bonds is 7. The average molecular weight is 189 g/mol. The number of hydrogen-bond donors (Lipinski definition) is 2. The number of urea groups is 1. The first-order valence-corrected chi connectivity index (χ1v) is 4.19. The Hall–Kier alpha value is -0.810. The second kappa shape index (κ2) is 9.28. The van der Waals surface area contributed by atoms with Crippen LogP contribution >= 0.6 is 0 Å². The van der Waals surface area contributed by atoms with Gasteiger partial charge in [-0.15, -0.1) is 0 Å². The van der Waals surface area contributed by atoms with E-state index in [-0.39, 0.29) is 6.03 Å². The lowest BCUT2D eigenvalue weighted by molar-refractivity contribution is 0.161. The van der Waals surface area contributed by atoms with E-state index in [9.17, 15) is 4.79 Å². The molecule has 2 N–H and O–H groups in total. The van der Waals surface area contributed by atoms with Gasteiger partial charge in [-0.1, -0.05) is 0 Å². The lowest BCUT2D eigenvalue weighted by Crippen LogP contribution is -2.38. The summed E-state index contributed by atoms with van der Waals surface area (Å²) in [7, 11) is 1.58. The molecule has 0 aliphatic heterocycles. The van der Waals surface area contributed by atoms with Crippen molar-refractivity contribution in [2.24, 2.45) is 0 Å². The molecular formula is C8H17N2O3. The van der Waals surface area contributed by atoms with Crippen molar-refractivity contribution in [1.82, 2.24) is 10.6 Å². The molecule has 13 heavy (non-hydrogen) atoms. The smallest absolute Gasteiger partial charge is 0.314 e. The van der Waals surface area contributed by atoms with Crippen molar-refractivity contribution in [2.45, 2.75) is 0 Å². The second-order valence-corrected chi connectivity index (χ2v) is 2.29. The Balaban J connectivity index is 3.11. The van der Waals surface area contributed by atoms with Gasteiger partial charge in [0.25, 0.3) is 0 Å². The zero-order valence-corrected chi connectivity index (χ0v) is 7.97. The van der Waals surface area contributed by atoms with Crippen LogP contribution in [0.4, 0.5) is 4.79 Å². The summed E-state index contributed by atoms with van der Waals surface area (Å²) in [4.78, 5) is 10.9. The Labute approximate surface area is 78.8 Å². The van der Waals surface area contributed by atoms with Crippen molar-refractivity contribution in [3.8, 4) is 0 Å². The van der Waals surface area contributed by atoms with Crippen LogP contribution < -0.4 is 10.6 Å². The molecule has 0 unspecified atom stereocenters. The van der Waals surface area contributed by atoms with Gasteiger partial charge in [0.05, 0.1) is 13.2 Å². The molecule has 0 spiro atoms. The minimum absolute atomic E-state index is 0.204. The molecule has 0 aliphatic carbocycles. The summed E-state index contributed by atoms with van der Waals surface area (Å²) in [5.74, 6) is 0. The molecule has 0 heterocycles. The Morgan fingerprint density at radius 3 is 2.46 bits per heavy atom. The van der Waals surface area contributed by atoms with Crippen molar-refractivity contribution in [3.63, 3.8) is 0 Å². The third kappa shape index (κ3) is 9.10. The fourth-order valence-electron chi connectivity index (χ4n) is 0.668. The summed E-state index contributed by atoms with van der Waals surface area (Å²) >= 11 is 0. The van der Waals surface area contributed by atoms with E-state index in [0.717, 1.165) is 0 Å². The highest BCUT2D eigenvalue weighted by atomic mass is 16.5.